The Hall–Kier alpha value is -0.240. The van der Waals surface area contributed by atoms with Gasteiger partial charge >= 0.3 is 0 Å². The number of nitrogens with one attached hydrogen (secondary N) is 1. The molecule has 0 spiro atoms. The smallest absolute Gasteiger partial charge is 0.0595 e. The van der Waals surface area contributed by atoms with Gasteiger partial charge in [-0.15, -0.1) is 0 Å². The molecule has 0 unspecified atom stereocenters. The topological polar surface area (TPSA) is 12.0 Å². The van der Waals surface area contributed by atoms with Crippen LogP contribution < -0.4 is 5.32 Å². The number of hydrogen-bond acceptors (Lipinski definition) is 1. The van der Waals surface area contributed by atoms with Crippen molar-refractivity contribution in [2.75, 3.05) is 13.1 Å². The van der Waals surface area contributed by atoms with E-state index in [0.29, 0.717) is 15.5 Å². The summed E-state index contributed by atoms with van der Waals surface area (Å²) < 4.78 is 0. The highest BCUT2D eigenvalue weighted by molar-refractivity contribution is 6.42. The highest BCUT2D eigenvalue weighted by atomic mass is 35.5. The number of hydrogen-bond donors (Lipinski definition) is 1. The van der Waals surface area contributed by atoms with E-state index < -0.39 is 0 Å². The quantitative estimate of drug-likeness (QED) is 0.859. The van der Waals surface area contributed by atoms with E-state index in [-0.39, 0.29) is 0 Å². The first-order chi connectivity index (χ1) is 7.68. The van der Waals surface area contributed by atoms with Crippen LogP contribution in [0.4, 0.5) is 0 Å². The lowest BCUT2D eigenvalue weighted by Crippen LogP contribution is -2.43. The third-order valence-corrected chi connectivity index (χ3v) is 4.30. The van der Waals surface area contributed by atoms with Gasteiger partial charge in [-0.1, -0.05) is 42.6 Å². The number of likely N-dealkylation sites (N-methyl/N-ethyl adjacent to an activating group) is 1. The van der Waals surface area contributed by atoms with Gasteiger partial charge in [0.05, 0.1) is 10.0 Å². The van der Waals surface area contributed by atoms with Crippen molar-refractivity contribution in [3.63, 3.8) is 0 Å². The van der Waals surface area contributed by atoms with Gasteiger partial charge < -0.3 is 5.32 Å². The molecule has 1 aliphatic rings. The maximum Gasteiger partial charge on any atom is 0.0595 e. The van der Waals surface area contributed by atoms with Crippen molar-refractivity contribution in [3.05, 3.63) is 33.8 Å². The highest BCUT2D eigenvalue weighted by Crippen LogP contribution is 2.44. The molecule has 0 aromatic heterocycles. The van der Waals surface area contributed by atoms with E-state index in [4.69, 9.17) is 23.2 Å². The van der Waals surface area contributed by atoms with Crippen LogP contribution in [-0.4, -0.2) is 13.1 Å². The average molecular weight is 258 g/mol. The van der Waals surface area contributed by atoms with Crippen LogP contribution in [-0.2, 0) is 5.41 Å². The first-order valence-electron chi connectivity index (χ1n) is 5.84. The van der Waals surface area contributed by atoms with Crippen LogP contribution in [0.2, 0.25) is 10.0 Å². The molecule has 1 fully saturated rings. The molecule has 2 rings (SSSR count). The second-order valence-electron chi connectivity index (χ2n) is 4.54. The summed E-state index contributed by atoms with van der Waals surface area (Å²) >= 11 is 12.0. The lowest BCUT2D eigenvalue weighted by Gasteiger charge is -2.43. The second kappa shape index (κ2) is 4.95. The van der Waals surface area contributed by atoms with E-state index >= 15 is 0 Å². The molecule has 0 bridgehead atoms. The first kappa shape index (κ1) is 12.2. The van der Waals surface area contributed by atoms with E-state index in [2.05, 4.69) is 18.3 Å². The highest BCUT2D eigenvalue weighted by Gasteiger charge is 2.38. The van der Waals surface area contributed by atoms with E-state index in [9.17, 15) is 0 Å². The van der Waals surface area contributed by atoms with Crippen LogP contribution in [0.5, 0.6) is 0 Å². The van der Waals surface area contributed by atoms with Gasteiger partial charge in [0.2, 0.25) is 0 Å². The van der Waals surface area contributed by atoms with Gasteiger partial charge in [-0.2, -0.15) is 0 Å². The minimum Gasteiger partial charge on any atom is -0.316 e. The zero-order valence-electron chi connectivity index (χ0n) is 9.52. The standard InChI is InChI=1S/C13H17Cl2N/c1-2-16-9-13(6-3-7-13)10-4-5-11(14)12(15)8-10/h4-5,8,16H,2-3,6-7,9H2,1H3. The summed E-state index contributed by atoms with van der Waals surface area (Å²) in [5.41, 5.74) is 1.62. The molecular formula is C13H17Cl2N. The third kappa shape index (κ3) is 2.22. The summed E-state index contributed by atoms with van der Waals surface area (Å²) in [4.78, 5) is 0. The molecule has 0 radical (unpaired) electrons. The monoisotopic (exact) mass is 257 g/mol. The lowest BCUT2D eigenvalue weighted by molar-refractivity contribution is 0.235. The van der Waals surface area contributed by atoms with Crippen LogP contribution in [0.1, 0.15) is 31.7 Å². The Morgan fingerprint density at radius 1 is 1.25 bits per heavy atom. The number of halogens is 2. The zero-order chi connectivity index (χ0) is 11.6. The van der Waals surface area contributed by atoms with E-state index in [1.807, 2.05) is 12.1 Å². The molecule has 16 heavy (non-hydrogen) atoms. The van der Waals surface area contributed by atoms with Gasteiger partial charge in [0.1, 0.15) is 0 Å². The largest absolute Gasteiger partial charge is 0.316 e. The minimum absolute atomic E-state index is 0.296. The Labute approximate surface area is 107 Å². The summed E-state index contributed by atoms with van der Waals surface area (Å²) in [5, 5.41) is 4.76. The molecule has 1 nitrogen and oxygen atoms in total. The number of rotatable bonds is 4. The Morgan fingerprint density at radius 2 is 2.00 bits per heavy atom. The fourth-order valence-electron chi connectivity index (χ4n) is 2.36. The van der Waals surface area contributed by atoms with Crippen molar-refractivity contribution in [1.29, 1.82) is 0 Å². The predicted molar refractivity (Wildman–Crippen MR) is 70.5 cm³/mol. The van der Waals surface area contributed by atoms with Crippen molar-refractivity contribution in [3.8, 4) is 0 Å². The summed E-state index contributed by atoms with van der Waals surface area (Å²) in [6.07, 6.45) is 3.81. The van der Waals surface area contributed by atoms with Crippen LogP contribution in [0, 0.1) is 0 Å². The van der Waals surface area contributed by atoms with Crippen LogP contribution in [0.15, 0.2) is 18.2 Å². The SMILES string of the molecule is CCNCC1(c2ccc(Cl)c(Cl)c2)CCC1. The molecule has 0 saturated heterocycles. The molecule has 0 atom stereocenters. The lowest BCUT2D eigenvalue weighted by atomic mass is 9.64. The summed E-state index contributed by atoms with van der Waals surface area (Å²) in [5.74, 6) is 0. The minimum atomic E-state index is 0.296. The molecule has 1 saturated carbocycles. The molecule has 88 valence electrons. The Bertz CT molecular complexity index is 372. The van der Waals surface area contributed by atoms with Crippen molar-refractivity contribution in [2.24, 2.45) is 0 Å². The molecule has 0 aliphatic heterocycles. The average Bonchev–Trinajstić information content (AvgIpc) is 2.22. The van der Waals surface area contributed by atoms with Crippen molar-refractivity contribution < 1.29 is 0 Å². The molecule has 1 aromatic rings. The van der Waals surface area contributed by atoms with Crippen LogP contribution in [0.3, 0.4) is 0 Å². The summed E-state index contributed by atoms with van der Waals surface area (Å²) in [7, 11) is 0. The Balaban J connectivity index is 2.22. The maximum atomic E-state index is 6.08. The first-order valence-corrected chi connectivity index (χ1v) is 6.60. The predicted octanol–water partition coefficient (Wildman–Crippen LogP) is 4.02. The molecule has 1 N–H and O–H groups in total. The molecule has 0 heterocycles. The molecule has 1 aliphatic carbocycles. The van der Waals surface area contributed by atoms with Gasteiger partial charge in [-0.05, 0) is 37.1 Å². The molecule has 1 aromatic carbocycles. The summed E-state index contributed by atoms with van der Waals surface area (Å²) in [6.45, 7) is 4.20. The fraction of sp³-hybridized carbons (Fsp3) is 0.538. The Morgan fingerprint density at radius 3 is 2.50 bits per heavy atom. The van der Waals surface area contributed by atoms with Gasteiger partial charge in [0, 0.05) is 12.0 Å². The maximum absolute atomic E-state index is 6.08. The van der Waals surface area contributed by atoms with Crippen molar-refractivity contribution in [1.82, 2.24) is 5.32 Å². The van der Waals surface area contributed by atoms with E-state index in [1.54, 1.807) is 0 Å². The molecule has 0 amide bonds. The van der Waals surface area contributed by atoms with Crippen LogP contribution >= 0.6 is 23.2 Å². The third-order valence-electron chi connectivity index (χ3n) is 3.56. The summed E-state index contributed by atoms with van der Waals surface area (Å²) in [6, 6.07) is 6.05. The fourth-order valence-corrected chi connectivity index (χ4v) is 2.66. The number of benzene rings is 1. The molecule has 3 heteroatoms. The second-order valence-corrected chi connectivity index (χ2v) is 5.36. The van der Waals surface area contributed by atoms with Crippen molar-refractivity contribution >= 4 is 23.2 Å². The van der Waals surface area contributed by atoms with Crippen molar-refractivity contribution in [2.45, 2.75) is 31.6 Å². The van der Waals surface area contributed by atoms with Gasteiger partial charge in [0.25, 0.3) is 0 Å². The Kier molecular flexibility index (Phi) is 3.78. The van der Waals surface area contributed by atoms with Gasteiger partial charge in [-0.3, -0.25) is 0 Å². The van der Waals surface area contributed by atoms with Gasteiger partial charge in [0.15, 0.2) is 0 Å². The van der Waals surface area contributed by atoms with Crippen LogP contribution in [0.25, 0.3) is 0 Å². The van der Waals surface area contributed by atoms with Gasteiger partial charge in [-0.25, -0.2) is 0 Å². The normalized spacial score (nSPS) is 18.2. The molecular weight excluding hydrogens is 241 g/mol. The van der Waals surface area contributed by atoms with E-state index in [1.165, 1.54) is 24.8 Å². The zero-order valence-corrected chi connectivity index (χ0v) is 11.0. The van der Waals surface area contributed by atoms with E-state index in [0.717, 1.165) is 13.1 Å².